The molecule has 2 N–H and O–H groups in total. The Labute approximate surface area is 146 Å². The fraction of sp³-hybridized carbons (Fsp3) is 0.444. The molecule has 1 fully saturated rings. The van der Waals surface area contributed by atoms with E-state index in [1.807, 2.05) is 20.2 Å². The molecule has 134 valence electrons. The van der Waals surface area contributed by atoms with Gasteiger partial charge >= 0.3 is 0 Å². The van der Waals surface area contributed by atoms with Gasteiger partial charge in [0.25, 0.3) is 0 Å². The first-order chi connectivity index (χ1) is 12.0. The maximum absolute atomic E-state index is 13.9. The third kappa shape index (κ3) is 3.66. The lowest BCUT2D eigenvalue weighted by Crippen LogP contribution is -2.36. The smallest absolute Gasteiger partial charge is 0.225 e. The van der Waals surface area contributed by atoms with Gasteiger partial charge in [0.1, 0.15) is 0 Å². The monoisotopic (exact) mass is 346 g/mol. The van der Waals surface area contributed by atoms with E-state index in [1.54, 1.807) is 23.0 Å². The summed E-state index contributed by atoms with van der Waals surface area (Å²) in [6.07, 6.45) is 3.75. The van der Waals surface area contributed by atoms with E-state index in [-0.39, 0.29) is 29.5 Å². The van der Waals surface area contributed by atoms with E-state index in [0.717, 1.165) is 12.1 Å². The Balaban J connectivity index is 1.69. The second-order valence-corrected chi connectivity index (χ2v) is 6.44. The lowest BCUT2D eigenvalue weighted by atomic mass is 9.90. The lowest BCUT2D eigenvalue weighted by molar-refractivity contribution is -0.125. The molecular weight excluding hydrogens is 323 g/mol. The van der Waals surface area contributed by atoms with E-state index in [9.17, 15) is 9.18 Å². The molecule has 1 unspecified atom stereocenters. The van der Waals surface area contributed by atoms with Crippen molar-refractivity contribution in [3.63, 3.8) is 0 Å². The Hall–Kier alpha value is -2.41. The van der Waals surface area contributed by atoms with Gasteiger partial charge < -0.3 is 15.4 Å². The maximum atomic E-state index is 13.9. The van der Waals surface area contributed by atoms with Gasteiger partial charge in [-0.3, -0.25) is 9.48 Å². The molecule has 0 aliphatic carbocycles. The minimum atomic E-state index is -0.433. The molecule has 1 aliphatic heterocycles. The molecule has 1 aliphatic rings. The van der Waals surface area contributed by atoms with Crippen molar-refractivity contribution in [1.29, 1.82) is 0 Å². The van der Waals surface area contributed by atoms with E-state index in [4.69, 9.17) is 4.74 Å². The number of hydrogen-bond donors (Lipinski definition) is 2. The summed E-state index contributed by atoms with van der Waals surface area (Å²) in [7, 11) is 3.29. The highest BCUT2D eigenvalue weighted by Gasteiger charge is 2.35. The van der Waals surface area contributed by atoms with Crippen LogP contribution in [0.1, 0.15) is 30.0 Å². The molecule has 25 heavy (non-hydrogen) atoms. The average molecular weight is 346 g/mol. The first-order valence-corrected chi connectivity index (χ1v) is 8.32. The minimum Gasteiger partial charge on any atom is -0.494 e. The van der Waals surface area contributed by atoms with E-state index < -0.39 is 5.82 Å². The summed E-state index contributed by atoms with van der Waals surface area (Å²) in [6.45, 7) is 3.21. The summed E-state index contributed by atoms with van der Waals surface area (Å²) < 4.78 is 20.5. The van der Waals surface area contributed by atoms with Crippen molar-refractivity contribution in [2.75, 3.05) is 20.2 Å². The van der Waals surface area contributed by atoms with Gasteiger partial charge in [0.15, 0.2) is 11.6 Å². The zero-order valence-corrected chi connectivity index (χ0v) is 14.6. The molecule has 0 bridgehead atoms. The van der Waals surface area contributed by atoms with E-state index >= 15 is 0 Å². The summed E-state index contributed by atoms with van der Waals surface area (Å²) in [5, 5.41) is 10.5. The van der Waals surface area contributed by atoms with Gasteiger partial charge in [0, 0.05) is 32.3 Å². The number of benzene rings is 1. The van der Waals surface area contributed by atoms with Gasteiger partial charge in [-0.15, -0.1) is 0 Å². The number of carbonyl (C=O) groups is 1. The number of amides is 1. The van der Waals surface area contributed by atoms with Crippen LogP contribution in [0, 0.1) is 11.7 Å². The molecule has 0 radical (unpaired) electrons. The number of aromatic nitrogens is 2. The Morgan fingerprint density at radius 1 is 1.48 bits per heavy atom. The van der Waals surface area contributed by atoms with Crippen LogP contribution in [0.3, 0.4) is 0 Å². The van der Waals surface area contributed by atoms with Gasteiger partial charge in [0.2, 0.25) is 5.91 Å². The predicted molar refractivity (Wildman–Crippen MR) is 91.8 cm³/mol. The number of aryl methyl sites for hydroxylation is 1. The quantitative estimate of drug-likeness (QED) is 0.865. The van der Waals surface area contributed by atoms with Crippen LogP contribution in [0.25, 0.3) is 0 Å². The predicted octanol–water partition coefficient (Wildman–Crippen LogP) is 1.75. The zero-order chi connectivity index (χ0) is 18.0. The Kier molecular flexibility index (Phi) is 5.03. The summed E-state index contributed by atoms with van der Waals surface area (Å²) in [5.74, 6) is -0.360. The summed E-state index contributed by atoms with van der Waals surface area (Å²) in [6, 6.07) is 4.44. The molecule has 0 spiro atoms. The molecular formula is C18H23FN4O2. The Morgan fingerprint density at radius 2 is 2.28 bits per heavy atom. The van der Waals surface area contributed by atoms with Crippen LogP contribution >= 0.6 is 0 Å². The van der Waals surface area contributed by atoms with Crippen molar-refractivity contribution in [2.45, 2.75) is 18.9 Å². The number of rotatable bonds is 5. The number of methoxy groups -OCH3 is 1. The SMILES string of the molecule is COc1ccc(C(C)NC(=O)[C@H]2CNC[C@@H]2c2cnn(C)c2)cc1F. The van der Waals surface area contributed by atoms with Crippen LogP contribution in [0.15, 0.2) is 30.6 Å². The first-order valence-electron chi connectivity index (χ1n) is 8.32. The van der Waals surface area contributed by atoms with Gasteiger partial charge in [-0.2, -0.15) is 5.10 Å². The summed E-state index contributed by atoms with van der Waals surface area (Å²) in [5.41, 5.74) is 1.76. The molecule has 7 heteroatoms. The maximum Gasteiger partial charge on any atom is 0.225 e. The number of halogens is 1. The van der Waals surface area contributed by atoms with Crippen molar-refractivity contribution in [2.24, 2.45) is 13.0 Å². The number of hydrogen-bond acceptors (Lipinski definition) is 4. The van der Waals surface area contributed by atoms with Gasteiger partial charge in [-0.1, -0.05) is 6.07 Å². The second kappa shape index (κ2) is 7.23. The molecule has 1 aromatic carbocycles. The van der Waals surface area contributed by atoms with Crippen LogP contribution in [0.4, 0.5) is 4.39 Å². The minimum absolute atomic E-state index is 0.0393. The highest BCUT2D eigenvalue weighted by Crippen LogP contribution is 2.29. The van der Waals surface area contributed by atoms with Gasteiger partial charge in [0.05, 0.1) is 25.3 Å². The van der Waals surface area contributed by atoms with Crippen LogP contribution < -0.4 is 15.4 Å². The third-order valence-electron chi connectivity index (χ3n) is 4.74. The highest BCUT2D eigenvalue weighted by molar-refractivity contribution is 5.81. The topological polar surface area (TPSA) is 68.2 Å². The molecule has 0 saturated carbocycles. The molecule has 3 rings (SSSR count). The fourth-order valence-electron chi connectivity index (χ4n) is 3.29. The summed E-state index contributed by atoms with van der Waals surface area (Å²) in [4.78, 5) is 12.7. The van der Waals surface area contributed by atoms with Crippen LogP contribution in [-0.4, -0.2) is 35.9 Å². The van der Waals surface area contributed by atoms with Crippen molar-refractivity contribution >= 4 is 5.91 Å². The zero-order valence-electron chi connectivity index (χ0n) is 14.6. The molecule has 1 amide bonds. The molecule has 6 nitrogen and oxygen atoms in total. The lowest BCUT2D eigenvalue weighted by Gasteiger charge is -2.21. The first kappa shape index (κ1) is 17.4. The Bertz CT molecular complexity index is 761. The molecule has 2 heterocycles. The van der Waals surface area contributed by atoms with Crippen LogP contribution in [0.2, 0.25) is 0 Å². The molecule has 2 aromatic rings. The second-order valence-electron chi connectivity index (χ2n) is 6.44. The van der Waals surface area contributed by atoms with Gasteiger partial charge in [-0.25, -0.2) is 4.39 Å². The van der Waals surface area contributed by atoms with Crippen LogP contribution in [0.5, 0.6) is 5.75 Å². The van der Waals surface area contributed by atoms with Crippen LogP contribution in [-0.2, 0) is 11.8 Å². The molecule has 1 aromatic heterocycles. The standard InChI is InChI=1S/C18H23FN4O2/c1-11(12-4-5-17(25-3)16(19)6-12)22-18(24)15-9-20-8-14(15)13-7-21-23(2)10-13/h4-7,10-11,14-15,20H,8-9H2,1-3H3,(H,22,24)/t11?,14-,15+/m1/s1. The molecule has 3 atom stereocenters. The van der Waals surface area contributed by atoms with Crippen molar-refractivity contribution < 1.29 is 13.9 Å². The summed E-state index contributed by atoms with van der Waals surface area (Å²) >= 11 is 0. The van der Waals surface area contributed by atoms with Crippen molar-refractivity contribution in [3.8, 4) is 5.75 Å². The largest absolute Gasteiger partial charge is 0.494 e. The number of nitrogens with one attached hydrogen (secondary N) is 2. The fourth-order valence-corrected chi connectivity index (χ4v) is 3.29. The van der Waals surface area contributed by atoms with E-state index in [0.29, 0.717) is 12.1 Å². The third-order valence-corrected chi connectivity index (χ3v) is 4.74. The van der Waals surface area contributed by atoms with Gasteiger partial charge in [-0.05, 0) is 30.2 Å². The normalized spacial score (nSPS) is 21.1. The number of carbonyl (C=O) groups excluding carboxylic acids is 1. The number of nitrogens with zero attached hydrogens (tertiary/aromatic N) is 2. The average Bonchev–Trinajstić information content (AvgIpc) is 3.23. The van der Waals surface area contributed by atoms with E-state index in [2.05, 4.69) is 15.7 Å². The van der Waals surface area contributed by atoms with E-state index in [1.165, 1.54) is 13.2 Å². The number of ether oxygens (including phenoxy) is 1. The van der Waals surface area contributed by atoms with Crippen molar-refractivity contribution in [3.05, 3.63) is 47.5 Å². The molecule has 1 saturated heterocycles. The highest BCUT2D eigenvalue weighted by atomic mass is 19.1. The Morgan fingerprint density at radius 3 is 2.92 bits per heavy atom. The van der Waals surface area contributed by atoms with Crippen molar-refractivity contribution in [1.82, 2.24) is 20.4 Å².